The first-order valence-corrected chi connectivity index (χ1v) is 9.21. The minimum absolute atomic E-state index is 0.0953. The Morgan fingerprint density at radius 3 is 3.04 bits per heavy atom. The normalized spacial score (nSPS) is 39.0. The predicted octanol–water partition coefficient (Wildman–Crippen LogP) is 3.92. The van der Waals surface area contributed by atoms with Crippen LogP contribution in [0, 0.1) is 17.3 Å². The Bertz CT molecular complexity index is 680. The third-order valence-corrected chi connectivity index (χ3v) is 7.26. The summed E-state index contributed by atoms with van der Waals surface area (Å²) in [5.41, 5.74) is 3.33. The van der Waals surface area contributed by atoms with E-state index in [1.807, 2.05) is 6.08 Å². The maximum Gasteiger partial charge on any atom is 0.231 e. The third-order valence-electron chi connectivity index (χ3n) is 7.26. The van der Waals surface area contributed by atoms with E-state index >= 15 is 0 Å². The summed E-state index contributed by atoms with van der Waals surface area (Å²) in [6, 6.07) is 8.89. The molecule has 5 rings (SSSR count). The Morgan fingerprint density at radius 2 is 2.22 bits per heavy atom. The fourth-order valence-electron chi connectivity index (χ4n) is 5.98. The number of amides is 1. The summed E-state index contributed by atoms with van der Waals surface area (Å²) in [7, 11) is 0. The van der Waals surface area contributed by atoms with Crippen LogP contribution >= 0.6 is 0 Å². The molecule has 0 saturated heterocycles. The molecular formula is C21H25NO. The molecule has 23 heavy (non-hydrogen) atoms. The maximum atomic E-state index is 13.2. The molecule has 4 aliphatic carbocycles. The van der Waals surface area contributed by atoms with Crippen molar-refractivity contribution in [3.63, 3.8) is 0 Å². The fourth-order valence-corrected chi connectivity index (χ4v) is 5.98. The highest BCUT2D eigenvalue weighted by Gasteiger charge is 2.63. The van der Waals surface area contributed by atoms with Crippen molar-refractivity contribution in [2.24, 2.45) is 17.3 Å². The van der Waals surface area contributed by atoms with Crippen molar-refractivity contribution in [1.82, 2.24) is 4.90 Å². The van der Waals surface area contributed by atoms with Crippen LogP contribution in [0.5, 0.6) is 0 Å². The van der Waals surface area contributed by atoms with E-state index in [4.69, 9.17) is 0 Å². The second-order valence-electron chi connectivity index (χ2n) is 8.30. The summed E-state index contributed by atoms with van der Waals surface area (Å²) >= 11 is 0. The van der Waals surface area contributed by atoms with Gasteiger partial charge in [-0.3, -0.25) is 4.79 Å². The van der Waals surface area contributed by atoms with E-state index in [0.29, 0.717) is 17.4 Å². The number of rotatable bonds is 4. The van der Waals surface area contributed by atoms with Crippen LogP contribution in [0.1, 0.15) is 49.1 Å². The van der Waals surface area contributed by atoms with Gasteiger partial charge >= 0.3 is 0 Å². The van der Waals surface area contributed by atoms with Gasteiger partial charge in [0.1, 0.15) is 0 Å². The molecule has 1 aromatic carbocycles. The van der Waals surface area contributed by atoms with E-state index in [1.165, 1.54) is 43.2 Å². The molecule has 120 valence electrons. The van der Waals surface area contributed by atoms with Crippen LogP contribution in [0.2, 0.25) is 0 Å². The Hall–Kier alpha value is -1.57. The molecule has 2 heteroatoms. The molecule has 0 heterocycles. The van der Waals surface area contributed by atoms with E-state index in [1.54, 1.807) is 0 Å². The van der Waals surface area contributed by atoms with Crippen LogP contribution in [0.25, 0.3) is 0 Å². The van der Waals surface area contributed by atoms with Crippen molar-refractivity contribution in [2.45, 2.75) is 50.5 Å². The summed E-state index contributed by atoms with van der Waals surface area (Å²) in [6.45, 7) is 4.63. The molecule has 3 saturated carbocycles. The lowest BCUT2D eigenvalue weighted by molar-refractivity contribution is -0.137. The van der Waals surface area contributed by atoms with Crippen molar-refractivity contribution < 1.29 is 4.79 Å². The molecule has 5 unspecified atom stereocenters. The number of benzene rings is 1. The van der Waals surface area contributed by atoms with Gasteiger partial charge in [-0.25, -0.2) is 0 Å². The van der Waals surface area contributed by atoms with Gasteiger partial charge in [0, 0.05) is 12.6 Å². The largest absolute Gasteiger partial charge is 0.335 e. The molecule has 2 nitrogen and oxygen atoms in total. The van der Waals surface area contributed by atoms with E-state index in [0.717, 1.165) is 24.8 Å². The lowest BCUT2D eigenvalue weighted by atomic mass is 9.75. The van der Waals surface area contributed by atoms with Crippen molar-refractivity contribution >= 4 is 5.91 Å². The molecule has 0 aliphatic heterocycles. The zero-order chi connectivity index (χ0) is 15.6. The van der Waals surface area contributed by atoms with Gasteiger partial charge in [0.15, 0.2) is 0 Å². The van der Waals surface area contributed by atoms with Crippen LogP contribution in [0.15, 0.2) is 36.9 Å². The summed E-state index contributed by atoms with van der Waals surface area (Å²) in [5, 5.41) is 0. The van der Waals surface area contributed by atoms with Gasteiger partial charge in [-0.2, -0.15) is 0 Å². The molecule has 5 atom stereocenters. The van der Waals surface area contributed by atoms with E-state index in [9.17, 15) is 4.79 Å². The fraction of sp³-hybridized carbons (Fsp3) is 0.571. The average molecular weight is 307 g/mol. The van der Waals surface area contributed by atoms with Gasteiger partial charge in [0.25, 0.3) is 0 Å². The maximum absolute atomic E-state index is 13.2. The van der Waals surface area contributed by atoms with Crippen LogP contribution in [-0.2, 0) is 11.2 Å². The van der Waals surface area contributed by atoms with Gasteiger partial charge < -0.3 is 4.90 Å². The number of hydrogen-bond donors (Lipinski definition) is 0. The summed E-state index contributed by atoms with van der Waals surface area (Å²) in [4.78, 5) is 15.4. The van der Waals surface area contributed by atoms with E-state index < -0.39 is 0 Å². The van der Waals surface area contributed by atoms with Gasteiger partial charge in [-0.1, -0.05) is 30.3 Å². The summed E-state index contributed by atoms with van der Waals surface area (Å²) < 4.78 is 0. The van der Waals surface area contributed by atoms with E-state index in [2.05, 4.69) is 35.7 Å². The zero-order valence-electron chi connectivity index (χ0n) is 13.7. The molecule has 4 aliphatic rings. The molecular weight excluding hydrogens is 282 g/mol. The van der Waals surface area contributed by atoms with Crippen LogP contribution in [0.4, 0.5) is 0 Å². The Balaban J connectivity index is 1.38. The first-order chi connectivity index (χ1) is 11.2. The smallest absolute Gasteiger partial charge is 0.231 e. The van der Waals surface area contributed by atoms with Crippen molar-refractivity contribution in [3.05, 3.63) is 48.0 Å². The molecule has 0 radical (unpaired) electrons. The second-order valence-corrected chi connectivity index (χ2v) is 8.30. The number of hydrogen-bond acceptors (Lipinski definition) is 1. The SMILES string of the molecule is C=CCN(C(=O)C1Cc2ccccc21)C1CCC23CC1CC2C3. The average Bonchev–Trinajstić information content (AvgIpc) is 3.10. The number of nitrogens with zero attached hydrogens (tertiary/aromatic N) is 1. The van der Waals surface area contributed by atoms with Gasteiger partial charge in [0.05, 0.1) is 5.92 Å². The van der Waals surface area contributed by atoms with Crippen molar-refractivity contribution in [1.29, 1.82) is 0 Å². The minimum atomic E-state index is 0.0953. The first-order valence-electron chi connectivity index (χ1n) is 9.21. The monoisotopic (exact) mass is 307 g/mol. The van der Waals surface area contributed by atoms with Gasteiger partial charge in [-0.15, -0.1) is 6.58 Å². The van der Waals surface area contributed by atoms with Crippen molar-refractivity contribution in [2.75, 3.05) is 6.54 Å². The topological polar surface area (TPSA) is 20.3 Å². The molecule has 3 fully saturated rings. The van der Waals surface area contributed by atoms with Gasteiger partial charge in [-0.05, 0) is 66.9 Å². The molecule has 1 spiro atoms. The molecule has 1 aromatic rings. The quantitative estimate of drug-likeness (QED) is 0.772. The Labute approximate surface area is 138 Å². The second kappa shape index (κ2) is 4.72. The third kappa shape index (κ3) is 1.90. The standard InChI is InChI=1S/C21H25NO/c1-2-9-22(19-7-8-21-12-15(19)10-16(21)13-21)20(23)18-11-14-5-3-4-6-17(14)18/h2-6,15-16,18-19H,1,7-13H2. The number of fused-ring (bicyclic) bond motifs is 2. The highest BCUT2D eigenvalue weighted by molar-refractivity contribution is 5.87. The number of carbonyl (C=O) groups excluding carboxylic acids is 1. The summed E-state index contributed by atoms with van der Waals surface area (Å²) in [5.74, 6) is 2.19. The Morgan fingerprint density at radius 1 is 1.35 bits per heavy atom. The zero-order valence-corrected chi connectivity index (χ0v) is 13.7. The van der Waals surface area contributed by atoms with Crippen LogP contribution < -0.4 is 0 Å². The highest BCUT2D eigenvalue weighted by atomic mass is 16.2. The molecule has 1 amide bonds. The molecule has 0 N–H and O–H groups in total. The highest BCUT2D eigenvalue weighted by Crippen LogP contribution is 2.71. The minimum Gasteiger partial charge on any atom is -0.335 e. The summed E-state index contributed by atoms with van der Waals surface area (Å²) in [6.07, 6.45) is 9.63. The van der Waals surface area contributed by atoms with E-state index in [-0.39, 0.29) is 5.92 Å². The Kier molecular flexibility index (Phi) is 2.84. The molecule has 2 bridgehead atoms. The lowest BCUT2D eigenvalue weighted by Gasteiger charge is -2.43. The number of carbonyl (C=O) groups is 1. The first kappa shape index (κ1) is 13.8. The van der Waals surface area contributed by atoms with Crippen LogP contribution in [-0.4, -0.2) is 23.4 Å². The predicted molar refractivity (Wildman–Crippen MR) is 91.1 cm³/mol. The molecule has 0 aromatic heterocycles. The van der Waals surface area contributed by atoms with Crippen LogP contribution in [0.3, 0.4) is 0 Å². The van der Waals surface area contributed by atoms with Crippen molar-refractivity contribution in [3.8, 4) is 0 Å². The van der Waals surface area contributed by atoms with Gasteiger partial charge in [0.2, 0.25) is 5.91 Å². The lowest BCUT2D eigenvalue weighted by Crippen LogP contribution is -2.49.